The highest BCUT2D eigenvalue weighted by Gasteiger charge is 2.16. The minimum atomic E-state index is -0.354. The maximum Gasteiger partial charge on any atom is 0.337 e. The van der Waals surface area contributed by atoms with Crippen molar-refractivity contribution in [2.24, 2.45) is 0 Å². The Hall–Kier alpha value is -2.29. The normalized spacial score (nSPS) is 11.2. The molecule has 21 heavy (non-hydrogen) atoms. The van der Waals surface area contributed by atoms with Gasteiger partial charge in [0.2, 0.25) is 0 Å². The largest absolute Gasteiger partial charge is 0.508 e. The lowest BCUT2D eigenvalue weighted by molar-refractivity contribution is 0.0601. The highest BCUT2D eigenvalue weighted by Crippen LogP contribution is 2.31. The zero-order valence-electron chi connectivity index (χ0n) is 12.8. The summed E-state index contributed by atoms with van der Waals surface area (Å²) in [5.41, 5.74) is 3.41. The van der Waals surface area contributed by atoms with Crippen LogP contribution in [0.2, 0.25) is 0 Å². The van der Waals surface area contributed by atoms with Crippen molar-refractivity contribution in [3.63, 3.8) is 0 Å². The van der Waals surface area contributed by atoms with E-state index in [1.807, 2.05) is 12.1 Å². The second kappa shape index (κ2) is 5.60. The Morgan fingerprint density at radius 1 is 1.00 bits per heavy atom. The number of carbonyl (C=O) groups excluding carboxylic acids is 1. The fourth-order valence-corrected chi connectivity index (χ4v) is 2.13. The van der Waals surface area contributed by atoms with Gasteiger partial charge in [-0.25, -0.2) is 4.79 Å². The minimum absolute atomic E-state index is 0.0422. The molecule has 110 valence electrons. The van der Waals surface area contributed by atoms with Crippen LogP contribution < -0.4 is 0 Å². The number of benzene rings is 2. The van der Waals surface area contributed by atoms with E-state index in [9.17, 15) is 9.90 Å². The van der Waals surface area contributed by atoms with Gasteiger partial charge in [0.1, 0.15) is 5.75 Å². The second-order valence-electron chi connectivity index (χ2n) is 6.09. The number of methoxy groups -OCH3 is 1. The SMILES string of the molecule is COC(=O)c1ccc(-c2cc(O)cc(C(C)(C)C)c2)cc1. The van der Waals surface area contributed by atoms with Crippen LogP contribution in [0.4, 0.5) is 0 Å². The highest BCUT2D eigenvalue weighted by molar-refractivity contribution is 5.90. The van der Waals surface area contributed by atoms with Crippen molar-refractivity contribution in [2.75, 3.05) is 7.11 Å². The summed E-state index contributed by atoms with van der Waals surface area (Å²) < 4.78 is 4.69. The van der Waals surface area contributed by atoms with Gasteiger partial charge >= 0.3 is 5.97 Å². The number of rotatable bonds is 2. The average molecular weight is 284 g/mol. The van der Waals surface area contributed by atoms with Gasteiger partial charge in [0, 0.05) is 0 Å². The third kappa shape index (κ3) is 3.43. The second-order valence-corrected chi connectivity index (χ2v) is 6.09. The Kier molecular flexibility index (Phi) is 4.03. The molecule has 3 nitrogen and oxygen atoms in total. The van der Waals surface area contributed by atoms with E-state index in [0.29, 0.717) is 5.56 Å². The molecule has 0 saturated heterocycles. The molecule has 2 aromatic carbocycles. The molecule has 2 aromatic rings. The number of carbonyl (C=O) groups is 1. The molecule has 2 rings (SSSR count). The van der Waals surface area contributed by atoms with Crippen molar-refractivity contribution in [2.45, 2.75) is 26.2 Å². The maximum atomic E-state index is 11.4. The first-order chi connectivity index (χ1) is 9.81. The van der Waals surface area contributed by atoms with Crippen LogP contribution in [-0.4, -0.2) is 18.2 Å². The zero-order valence-corrected chi connectivity index (χ0v) is 12.8. The van der Waals surface area contributed by atoms with Crippen molar-refractivity contribution >= 4 is 5.97 Å². The molecule has 0 bridgehead atoms. The van der Waals surface area contributed by atoms with Crippen molar-refractivity contribution < 1.29 is 14.6 Å². The van der Waals surface area contributed by atoms with Gasteiger partial charge in [-0.2, -0.15) is 0 Å². The Balaban J connectivity index is 2.42. The quantitative estimate of drug-likeness (QED) is 0.843. The van der Waals surface area contributed by atoms with Crippen LogP contribution in [0.15, 0.2) is 42.5 Å². The monoisotopic (exact) mass is 284 g/mol. The molecule has 3 heteroatoms. The van der Waals surface area contributed by atoms with E-state index < -0.39 is 0 Å². The van der Waals surface area contributed by atoms with Gasteiger partial charge in [0.15, 0.2) is 0 Å². The van der Waals surface area contributed by atoms with Gasteiger partial charge in [-0.3, -0.25) is 0 Å². The molecule has 0 spiro atoms. The van der Waals surface area contributed by atoms with Crippen molar-refractivity contribution in [1.82, 2.24) is 0 Å². The number of aromatic hydroxyl groups is 1. The lowest BCUT2D eigenvalue weighted by Crippen LogP contribution is -2.10. The van der Waals surface area contributed by atoms with Crippen LogP contribution in [0, 0.1) is 0 Å². The molecule has 0 aromatic heterocycles. The predicted octanol–water partition coefficient (Wildman–Crippen LogP) is 4.14. The van der Waals surface area contributed by atoms with E-state index in [0.717, 1.165) is 16.7 Å². The first-order valence-corrected chi connectivity index (χ1v) is 6.84. The molecular formula is C18H20O3. The molecule has 0 aliphatic rings. The number of phenols is 1. The predicted molar refractivity (Wildman–Crippen MR) is 83.6 cm³/mol. The van der Waals surface area contributed by atoms with E-state index >= 15 is 0 Å². The van der Waals surface area contributed by atoms with Crippen LogP contribution in [0.3, 0.4) is 0 Å². The summed E-state index contributed by atoms with van der Waals surface area (Å²) in [5.74, 6) is -0.109. The lowest BCUT2D eigenvalue weighted by Gasteiger charge is -2.20. The molecule has 0 unspecified atom stereocenters. The van der Waals surface area contributed by atoms with Gasteiger partial charge in [-0.15, -0.1) is 0 Å². The molecular weight excluding hydrogens is 264 g/mol. The summed E-state index contributed by atoms with van der Waals surface area (Å²) in [6, 6.07) is 12.7. The maximum absolute atomic E-state index is 11.4. The van der Waals surface area contributed by atoms with Crippen LogP contribution in [0.25, 0.3) is 11.1 Å². The van der Waals surface area contributed by atoms with Gasteiger partial charge in [-0.05, 0) is 46.4 Å². The average Bonchev–Trinajstić information content (AvgIpc) is 2.45. The molecule has 1 N–H and O–H groups in total. The summed E-state index contributed by atoms with van der Waals surface area (Å²) in [6.07, 6.45) is 0. The third-order valence-electron chi connectivity index (χ3n) is 3.42. The molecule has 0 atom stereocenters. The van der Waals surface area contributed by atoms with Crippen molar-refractivity contribution in [3.05, 3.63) is 53.6 Å². The number of hydrogen-bond donors (Lipinski definition) is 1. The summed E-state index contributed by atoms with van der Waals surface area (Å²) in [4.78, 5) is 11.4. The van der Waals surface area contributed by atoms with E-state index in [-0.39, 0.29) is 17.1 Å². The molecule has 0 amide bonds. The van der Waals surface area contributed by atoms with E-state index in [4.69, 9.17) is 0 Å². The zero-order chi connectivity index (χ0) is 15.6. The van der Waals surface area contributed by atoms with Crippen LogP contribution >= 0.6 is 0 Å². The van der Waals surface area contributed by atoms with Crippen LogP contribution in [-0.2, 0) is 10.2 Å². The van der Waals surface area contributed by atoms with Gasteiger partial charge < -0.3 is 9.84 Å². The van der Waals surface area contributed by atoms with Crippen LogP contribution in [0.1, 0.15) is 36.7 Å². The minimum Gasteiger partial charge on any atom is -0.508 e. The first-order valence-electron chi connectivity index (χ1n) is 6.84. The fourth-order valence-electron chi connectivity index (χ4n) is 2.13. The van der Waals surface area contributed by atoms with Gasteiger partial charge in [0.25, 0.3) is 0 Å². The molecule has 0 saturated carbocycles. The Morgan fingerprint density at radius 2 is 1.62 bits per heavy atom. The van der Waals surface area contributed by atoms with Crippen molar-refractivity contribution in [3.8, 4) is 16.9 Å². The summed E-state index contributed by atoms with van der Waals surface area (Å²) in [7, 11) is 1.36. The number of ether oxygens (including phenoxy) is 1. The fraction of sp³-hybridized carbons (Fsp3) is 0.278. The molecule has 0 aliphatic heterocycles. The van der Waals surface area contributed by atoms with Crippen LogP contribution in [0.5, 0.6) is 5.75 Å². The van der Waals surface area contributed by atoms with Crippen molar-refractivity contribution in [1.29, 1.82) is 0 Å². The number of phenolic OH excluding ortho intramolecular Hbond substituents is 1. The molecule has 0 aliphatic carbocycles. The summed E-state index contributed by atoms with van der Waals surface area (Å²) in [5, 5.41) is 9.93. The summed E-state index contributed by atoms with van der Waals surface area (Å²) in [6.45, 7) is 6.31. The third-order valence-corrected chi connectivity index (χ3v) is 3.42. The summed E-state index contributed by atoms with van der Waals surface area (Å²) >= 11 is 0. The van der Waals surface area contributed by atoms with E-state index in [2.05, 4.69) is 31.6 Å². The standard InChI is InChI=1S/C18H20O3/c1-18(2,3)15-9-14(10-16(19)11-15)12-5-7-13(8-6-12)17(20)21-4/h5-11,19H,1-4H3. The Morgan fingerprint density at radius 3 is 2.14 bits per heavy atom. The molecule has 0 radical (unpaired) electrons. The topological polar surface area (TPSA) is 46.5 Å². The molecule has 0 fully saturated rings. The molecule has 0 heterocycles. The lowest BCUT2D eigenvalue weighted by atomic mass is 9.85. The highest BCUT2D eigenvalue weighted by atomic mass is 16.5. The smallest absolute Gasteiger partial charge is 0.337 e. The van der Waals surface area contributed by atoms with Gasteiger partial charge in [0.05, 0.1) is 12.7 Å². The van der Waals surface area contributed by atoms with E-state index in [1.165, 1.54) is 7.11 Å². The Labute approximate surface area is 125 Å². The first kappa shape index (κ1) is 15.1. The number of esters is 1. The Bertz CT molecular complexity index is 649. The van der Waals surface area contributed by atoms with E-state index in [1.54, 1.807) is 24.3 Å². The number of hydrogen-bond acceptors (Lipinski definition) is 3. The van der Waals surface area contributed by atoms with Gasteiger partial charge in [-0.1, -0.05) is 39.0 Å².